The van der Waals surface area contributed by atoms with Crippen molar-refractivity contribution < 1.29 is 22.7 Å². The minimum Gasteiger partial charge on any atom is -0.493 e. The van der Waals surface area contributed by atoms with E-state index in [1.54, 1.807) is 26.4 Å². The van der Waals surface area contributed by atoms with E-state index in [0.717, 1.165) is 35.2 Å². The summed E-state index contributed by atoms with van der Waals surface area (Å²) < 4.78 is 35.5. The standard InChI is InChI=1S/C25H30N2O5S2/c1-5-17-8-7-9-18(6-2)24(17)27-19-14-34(29,30)15-22(19)33-25(27)26-23(28)13-16-10-11-20(31-3)21(12-16)32-4/h7-12,19,22H,5-6,13-15H2,1-4H3/t19-,22+/m0/s1. The Hall–Kier alpha value is -2.52. The fourth-order valence-corrected chi connectivity index (χ4v) is 8.58. The molecule has 2 saturated heterocycles. The van der Waals surface area contributed by atoms with Crippen molar-refractivity contribution in [1.29, 1.82) is 0 Å². The highest BCUT2D eigenvalue weighted by atomic mass is 32.2. The molecule has 0 unspecified atom stereocenters. The molecule has 34 heavy (non-hydrogen) atoms. The quantitative estimate of drug-likeness (QED) is 0.571. The smallest absolute Gasteiger partial charge is 0.252 e. The summed E-state index contributed by atoms with van der Waals surface area (Å²) in [5.74, 6) is 1.06. The van der Waals surface area contributed by atoms with Crippen LogP contribution >= 0.6 is 11.8 Å². The number of sulfone groups is 1. The number of amidine groups is 1. The van der Waals surface area contributed by atoms with Crippen LogP contribution < -0.4 is 14.4 Å². The van der Waals surface area contributed by atoms with Crippen molar-refractivity contribution in [2.45, 2.75) is 44.4 Å². The number of carbonyl (C=O) groups is 1. The highest BCUT2D eigenvalue weighted by Crippen LogP contribution is 2.43. The number of rotatable bonds is 7. The number of hydrogen-bond acceptors (Lipinski definition) is 6. The highest BCUT2D eigenvalue weighted by molar-refractivity contribution is 8.16. The Kier molecular flexibility index (Phi) is 7.23. The molecule has 0 spiro atoms. The molecule has 0 N–H and O–H groups in total. The molecular formula is C25H30N2O5S2. The summed E-state index contributed by atoms with van der Waals surface area (Å²) in [6.45, 7) is 4.17. The average molecular weight is 503 g/mol. The van der Waals surface area contributed by atoms with E-state index in [1.165, 1.54) is 11.8 Å². The Bertz CT molecular complexity index is 1200. The third-order valence-corrected chi connectivity index (χ3v) is 9.51. The lowest BCUT2D eigenvalue weighted by atomic mass is 10.0. The van der Waals surface area contributed by atoms with Gasteiger partial charge in [0, 0.05) is 10.9 Å². The molecule has 2 atom stereocenters. The molecule has 0 radical (unpaired) electrons. The van der Waals surface area contributed by atoms with E-state index >= 15 is 0 Å². The molecule has 2 fully saturated rings. The first kappa shape index (κ1) is 24.6. The number of hydrogen-bond donors (Lipinski definition) is 0. The number of thioether (sulfide) groups is 1. The molecule has 2 aromatic rings. The number of amides is 1. The number of para-hydroxylation sites is 1. The van der Waals surface area contributed by atoms with Gasteiger partial charge in [0.05, 0.1) is 38.2 Å². The summed E-state index contributed by atoms with van der Waals surface area (Å²) in [6.07, 6.45) is 1.73. The molecular weight excluding hydrogens is 472 g/mol. The van der Waals surface area contributed by atoms with Crippen LogP contribution in [0.2, 0.25) is 0 Å². The Labute approximate surface area is 205 Å². The maximum absolute atomic E-state index is 13.0. The van der Waals surface area contributed by atoms with Gasteiger partial charge in [-0.3, -0.25) is 4.79 Å². The fourth-order valence-electron chi connectivity index (χ4n) is 4.66. The summed E-state index contributed by atoms with van der Waals surface area (Å²) in [5, 5.41) is 0.457. The van der Waals surface area contributed by atoms with Crippen molar-refractivity contribution in [2.75, 3.05) is 30.6 Å². The van der Waals surface area contributed by atoms with Crippen LogP contribution in [0.1, 0.15) is 30.5 Å². The van der Waals surface area contributed by atoms with E-state index in [0.29, 0.717) is 16.7 Å². The maximum atomic E-state index is 13.0. The molecule has 182 valence electrons. The Morgan fingerprint density at radius 3 is 2.35 bits per heavy atom. The second kappa shape index (κ2) is 10.00. The first-order valence-corrected chi connectivity index (χ1v) is 14.1. The van der Waals surface area contributed by atoms with E-state index in [9.17, 15) is 13.2 Å². The van der Waals surface area contributed by atoms with Crippen molar-refractivity contribution in [3.05, 3.63) is 53.1 Å². The topological polar surface area (TPSA) is 85.3 Å². The van der Waals surface area contributed by atoms with Crippen molar-refractivity contribution in [1.82, 2.24) is 0 Å². The Balaban J connectivity index is 1.70. The highest BCUT2D eigenvalue weighted by Gasteiger charge is 2.50. The van der Waals surface area contributed by atoms with E-state index < -0.39 is 9.84 Å². The molecule has 2 aliphatic rings. The van der Waals surface area contributed by atoms with Gasteiger partial charge in [-0.2, -0.15) is 4.99 Å². The van der Waals surface area contributed by atoms with Crippen molar-refractivity contribution >= 4 is 38.4 Å². The lowest BCUT2D eigenvalue weighted by Crippen LogP contribution is -2.39. The monoisotopic (exact) mass is 502 g/mol. The van der Waals surface area contributed by atoms with E-state index in [2.05, 4.69) is 31.0 Å². The van der Waals surface area contributed by atoms with Gasteiger partial charge in [-0.1, -0.05) is 49.9 Å². The zero-order valence-corrected chi connectivity index (χ0v) is 21.5. The van der Waals surface area contributed by atoms with Gasteiger partial charge in [-0.25, -0.2) is 8.42 Å². The van der Waals surface area contributed by atoms with Crippen molar-refractivity contribution in [2.24, 2.45) is 4.99 Å². The van der Waals surface area contributed by atoms with Crippen LogP contribution in [0.4, 0.5) is 5.69 Å². The van der Waals surface area contributed by atoms with E-state index in [1.807, 2.05) is 17.0 Å². The maximum Gasteiger partial charge on any atom is 0.252 e. The van der Waals surface area contributed by atoms with Gasteiger partial charge in [0.1, 0.15) is 0 Å². The summed E-state index contributed by atoms with van der Waals surface area (Å²) >= 11 is 1.41. The van der Waals surface area contributed by atoms with Crippen LogP contribution in [0.5, 0.6) is 11.5 Å². The van der Waals surface area contributed by atoms with Gasteiger partial charge >= 0.3 is 0 Å². The fraction of sp³-hybridized carbons (Fsp3) is 0.440. The molecule has 2 aliphatic heterocycles. The van der Waals surface area contributed by atoms with E-state index in [-0.39, 0.29) is 35.1 Å². The number of aryl methyl sites for hydroxylation is 2. The number of aliphatic imine (C=N–C) groups is 1. The number of fused-ring (bicyclic) bond motifs is 1. The number of nitrogens with zero attached hydrogens (tertiary/aromatic N) is 2. The van der Waals surface area contributed by atoms with Crippen LogP contribution in [0, 0.1) is 0 Å². The minimum atomic E-state index is -3.13. The van der Waals surface area contributed by atoms with Crippen LogP contribution in [-0.4, -0.2) is 56.5 Å². The third-order valence-electron chi connectivity index (χ3n) is 6.30. The van der Waals surface area contributed by atoms with Gasteiger partial charge in [0.25, 0.3) is 5.91 Å². The van der Waals surface area contributed by atoms with Crippen molar-refractivity contribution in [3.63, 3.8) is 0 Å². The molecule has 2 heterocycles. The van der Waals surface area contributed by atoms with E-state index in [4.69, 9.17) is 9.47 Å². The number of benzene rings is 2. The van der Waals surface area contributed by atoms with Crippen LogP contribution in [0.25, 0.3) is 0 Å². The first-order chi connectivity index (χ1) is 16.3. The molecule has 9 heteroatoms. The third kappa shape index (κ3) is 4.81. The Morgan fingerprint density at radius 2 is 1.74 bits per heavy atom. The molecule has 4 rings (SSSR count). The second-order valence-electron chi connectivity index (χ2n) is 8.46. The summed E-state index contributed by atoms with van der Waals surface area (Å²) in [6, 6.07) is 11.3. The number of methoxy groups -OCH3 is 2. The predicted molar refractivity (Wildman–Crippen MR) is 137 cm³/mol. The normalized spacial score (nSPS) is 22.1. The van der Waals surface area contributed by atoms with Crippen LogP contribution in [0.15, 0.2) is 41.4 Å². The van der Waals surface area contributed by atoms with Gasteiger partial charge in [0.2, 0.25) is 0 Å². The average Bonchev–Trinajstić information content (AvgIpc) is 3.28. The molecule has 0 aliphatic carbocycles. The predicted octanol–water partition coefficient (Wildman–Crippen LogP) is 3.67. The van der Waals surface area contributed by atoms with Gasteiger partial charge in [0.15, 0.2) is 26.5 Å². The van der Waals surface area contributed by atoms with Crippen LogP contribution in [0.3, 0.4) is 0 Å². The number of carbonyl (C=O) groups excluding carboxylic acids is 1. The van der Waals surface area contributed by atoms with Gasteiger partial charge in [-0.05, 0) is 41.7 Å². The molecule has 1 amide bonds. The zero-order chi connectivity index (χ0) is 24.5. The van der Waals surface area contributed by atoms with Gasteiger partial charge in [-0.15, -0.1) is 0 Å². The summed E-state index contributed by atoms with van der Waals surface area (Å²) in [4.78, 5) is 19.6. The lowest BCUT2D eigenvalue weighted by molar-refractivity contribution is -0.117. The molecule has 0 saturated carbocycles. The largest absolute Gasteiger partial charge is 0.493 e. The molecule has 0 aromatic heterocycles. The first-order valence-electron chi connectivity index (χ1n) is 11.4. The second-order valence-corrected chi connectivity index (χ2v) is 11.8. The van der Waals surface area contributed by atoms with Crippen molar-refractivity contribution in [3.8, 4) is 11.5 Å². The summed E-state index contributed by atoms with van der Waals surface area (Å²) in [7, 11) is -0.00714. The zero-order valence-electron chi connectivity index (χ0n) is 19.9. The van der Waals surface area contributed by atoms with Gasteiger partial charge < -0.3 is 14.4 Å². The van der Waals surface area contributed by atoms with Crippen LogP contribution in [-0.2, 0) is 33.9 Å². The SMILES string of the molecule is CCc1cccc(CC)c1N1C(=NC(=O)Cc2ccc(OC)c(OC)c2)S[C@@H]2CS(=O)(=O)C[C@@H]21. The number of ether oxygens (including phenoxy) is 2. The molecule has 7 nitrogen and oxygen atoms in total. The lowest BCUT2D eigenvalue weighted by Gasteiger charge is -2.29. The Morgan fingerprint density at radius 1 is 1.06 bits per heavy atom. The molecule has 2 aromatic carbocycles. The number of anilines is 1. The minimum absolute atomic E-state index is 0.0781. The molecule has 0 bridgehead atoms. The summed E-state index contributed by atoms with van der Waals surface area (Å²) in [5.41, 5.74) is 4.03.